The first kappa shape index (κ1) is 10.5. The topological polar surface area (TPSA) is 49.3 Å². The zero-order valence-corrected chi connectivity index (χ0v) is 8.87. The van der Waals surface area contributed by atoms with Crippen molar-refractivity contribution in [3.05, 3.63) is 34.9 Å². The maximum absolute atomic E-state index is 11.0. The van der Waals surface area contributed by atoms with Crippen LogP contribution in [-0.2, 0) is 11.2 Å². The number of amides is 1. The van der Waals surface area contributed by atoms with E-state index < -0.39 is 6.10 Å². The van der Waals surface area contributed by atoms with Gasteiger partial charge in [0.15, 0.2) is 0 Å². The molecule has 3 nitrogen and oxygen atoms in total. The van der Waals surface area contributed by atoms with Crippen molar-refractivity contribution < 1.29 is 9.90 Å². The van der Waals surface area contributed by atoms with Crippen LogP contribution < -0.4 is 5.32 Å². The van der Waals surface area contributed by atoms with E-state index in [1.54, 1.807) is 0 Å². The van der Waals surface area contributed by atoms with E-state index in [4.69, 9.17) is 11.6 Å². The molecule has 1 fully saturated rings. The number of aliphatic hydroxyl groups excluding tert-OH is 1. The van der Waals surface area contributed by atoms with Crippen LogP contribution in [0, 0.1) is 0 Å². The summed E-state index contributed by atoms with van der Waals surface area (Å²) in [6, 6.07) is 7.54. The van der Waals surface area contributed by atoms with Gasteiger partial charge in [0.2, 0.25) is 5.91 Å². The smallest absolute Gasteiger partial charge is 0.249 e. The molecule has 0 spiro atoms. The fourth-order valence-electron chi connectivity index (χ4n) is 1.77. The highest BCUT2D eigenvalue weighted by atomic mass is 35.5. The molecule has 1 amide bonds. The lowest BCUT2D eigenvalue weighted by atomic mass is 10.0. The Bertz CT molecular complexity index is 363. The second-order valence-electron chi connectivity index (χ2n) is 3.79. The van der Waals surface area contributed by atoms with Crippen molar-refractivity contribution in [2.75, 3.05) is 0 Å². The second-order valence-corrected chi connectivity index (χ2v) is 4.22. The molecule has 1 aliphatic heterocycles. The number of aliphatic hydroxyl groups is 1. The summed E-state index contributed by atoms with van der Waals surface area (Å²) >= 11 is 5.76. The van der Waals surface area contributed by atoms with E-state index in [-0.39, 0.29) is 11.9 Å². The van der Waals surface area contributed by atoms with Gasteiger partial charge < -0.3 is 10.4 Å². The highest BCUT2D eigenvalue weighted by Crippen LogP contribution is 2.15. The summed E-state index contributed by atoms with van der Waals surface area (Å²) in [5.74, 6) is -0.269. The van der Waals surface area contributed by atoms with Crippen LogP contribution >= 0.6 is 11.6 Å². The monoisotopic (exact) mass is 225 g/mol. The van der Waals surface area contributed by atoms with Crippen LogP contribution in [0.2, 0.25) is 5.02 Å². The van der Waals surface area contributed by atoms with Crippen LogP contribution in [0.1, 0.15) is 12.0 Å². The number of hydrogen-bond acceptors (Lipinski definition) is 2. The molecule has 2 rings (SSSR count). The van der Waals surface area contributed by atoms with E-state index in [2.05, 4.69) is 5.32 Å². The van der Waals surface area contributed by atoms with Crippen molar-refractivity contribution in [2.45, 2.75) is 25.0 Å². The first-order chi connectivity index (χ1) is 7.15. The lowest BCUT2D eigenvalue weighted by Gasteiger charge is -2.09. The minimum Gasteiger partial charge on any atom is -0.383 e. The summed E-state index contributed by atoms with van der Waals surface area (Å²) in [5, 5.41) is 12.7. The zero-order chi connectivity index (χ0) is 10.8. The van der Waals surface area contributed by atoms with E-state index in [1.165, 1.54) is 0 Å². The van der Waals surface area contributed by atoms with Crippen molar-refractivity contribution in [3.63, 3.8) is 0 Å². The SMILES string of the molecule is O=C1NC(Cc2ccc(Cl)cc2)CC1O. The molecular weight excluding hydrogens is 214 g/mol. The molecule has 0 radical (unpaired) electrons. The third-order valence-electron chi connectivity index (χ3n) is 2.55. The molecule has 1 saturated heterocycles. The maximum atomic E-state index is 11.0. The first-order valence-corrected chi connectivity index (χ1v) is 5.26. The number of hydrogen-bond donors (Lipinski definition) is 2. The highest BCUT2D eigenvalue weighted by molar-refractivity contribution is 6.30. The highest BCUT2D eigenvalue weighted by Gasteiger charge is 2.29. The number of halogens is 1. The molecule has 4 heteroatoms. The molecule has 1 heterocycles. The van der Waals surface area contributed by atoms with Gasteiger partial charge >= 0.3 is 0 Å². The number of carbonyl (C=O) groups excluding carboxylic acids is 1. The molecular formula is C11H12ClNO2. The van der Waals surface area contributed by atoms with Crippen molar-refractivity contribution in [1.82, 2.24) is 5.32 Å². The molecule has 2 unspecified atom stereocenters. The van der Waals surface area contributed by atoms with E-state index >= 15 is 0 Å². The van der Waals surface area contributed by atoms with Gasteiger partial charge in [0.1, 0.15) is 6.10 Å². The van der Waals surface area contributed by atoms with Crippen LogP contribution in [0.4, 0.5) is 0 Å². The fourth-order valence-corrected chi connectivity index (χ4v) is 1.90. The van der Waals surface area contributed by atoms with Gasteiger partial charge in [-0.05, 0) is 24.1 Å². The standard InChI is InChI=1S/C11H12ClNO2/c12-8-3-1-7(2-4-8)5-9-6-10(14)11(15)13-9/h1-4,9-10,14H,5-6H2,(H,13,15). The summed E-state index contributed by atoms with van der Waals surface area (Å²) in [6.07, 6.45) is 0.379. The van der Waals surface area contributed by atoms with Gasteiger partial charge in [-0.2, -0.15) is 0 Å². The second kappa shape index (κ2) is 4.21. The minimum absolute atomic E-state index is 0.0358. The van der Waals surface area contributed by atoms with Crippen molar-refractivity contribution in [2.24, 2.45) is 0 Å². The third-order valence-corrected chi connectivity index (χ3v) is 2.80. The van der Waals surface area contributed by atoms with Gasteiger partial charge in [0.05, 0.1) is 0 Å². The fraction of sp³-hybridized carbons (Fsp3) is 0.364. The van der Waals surface area contributed by atoms with Crippen LogP contribution in [0.15, 0.2) is 24.3 Å². The Morgan fingerprint density at radius 2 is 2.07 bits per heavy atom. The summed E-state index contributed by atoms with van der Waals surface area (Å²) < 4.78 is 0. The van der Waals surface area contributed by atoms with Gasteiger partial charge in [0.25, 0.3) is 0 Å². The lowest BCUT2D eigenvalue weighted by Crippen LogP contribution is -2.28. The van der Waals surface area contributed by atoms with E-state index in [0.717, 1.165) is 12.0 Å². The summed E-state index contributed by atoms with van der Waals surface area (Å²) in [4.78, 5) is 11.0. The van der Waals surface area contributed by atoms with Gasteiger partial charge in [-0.1, -0.05) is 23.7 Å². The molecule has 1 aromatic carbocycles. The van der Waals surface area contributed by atoms with Crippen LogP contribution in [0.5, 0.6) is 0 Å². The number of nitrogens with one attached hydrogen (secondary N) is 1. The minimum atomic E-state index is -0.845. The lowest BCUT2D eigenvalue weighted by molar-refractivity contribution is -0.126. The predicted molar refractivity (Wildman–Crippen MR) is 57.7 cm³/mol. The Balaban J connectivity index is 1.98. The molecule has 80 valence electrons. The molecule has 0 saturated carbocycles. The number of carbonyl (C=O) groups is 1. The Morgan fingerprint density at radius 3 is 2.60 bits per heavy atom. The van der Waals surface area contributed by atoms with Gasteiger partial charge in [0, 0.05) is 17.5 Å². The molecule has 1 aromatic rings. The Hall–Kier alpha value is -1.06. The quantitative estimate of drug-likeness (QED) is 0.793. The van der Waals surface area contributed by atoms with Crippen LogP contribution in [-0.4, -0.2) is 23.2 Å². The number of rotatable bonds is 2. The Labute approximate surface area is 93.1 Å². The Morgan fingerprint density at radius 1 is 1.40 bits per heavy atom. The molecule has 15 heavy (non-hydrogen) atoms. The summed E-state index contributed by atoms with van der Waals surface area (Å²) in [5.41, 5.74) is 1.11. The molecule has 0 aliphatic carbocycles. The number of benzene rings is 1. The predicted octanol–water partition coefficient (Wildman–Crippen LogP) is 1.13. The normalized spacial score (nSPS) is 25.3. The molecule has 2 N–H and O–H groups in total. The first-order valence-electron chi connectivity index (χ1n) is 4.88. The summed E-state index contributed by atoms with van der Waals surface area (Å²) in [6.45, 7) is 0. The average molecular weight is 226 g/mol. The van der Waals surface area contributed by atoms with E-state index in [1.807, 2.05) is 24.3 Å². The molecule has 1 aliphatic rings. The van der Waals surface area contributed by atoms with Crippen molar-refractivity contribution >= 4 is 17.5 Å². The Kier molecular flexibility index (Phi) is 2.93. The zero-order valence-electron chi connectivity index (χ0n) is 8.11. The van der Waals surface area contributed by atoms with Crippen LogP contribution in [0.3, 0.4) is 0 Å². The maximum Gasteiger partial charge on any atom is 0.249 e. The van der Waals surface area contributed by atoms with Crippen molar-refractivity contribution in [1.29, 1.82) is 0 Å². The van der Waals surface area contributed by atoms with Gasteiger partial charge in [-0.15, -0.1) is 0 Å². The molecule has 0 bridgehead atoms. The van der Waals surface area contributed by atoms with E-state index in [9.17, 15) is 9.90 Å². The van der Waals surface area contributed by atoms with Crippen molar-refractivity contribution in [3.8, 4) is 0 Å². The van der Waals surface area contributed by atoms with Gasteiger partial charge in [-0.3, -0.25) is 4.79 Å². The van der Waals surface area contributed by atoms with Gasteiger partial charge in [-0.25, -0.2) is 0 Å². The third kappa shape index (κ3) is 2.49. The average Bonchev–Trinajstić information content (AvgIpc) is 2.50. The molecule has 0 aromatic heterocycles. The largest absolute Gasteiger partial charge is 0.383 e. The van der Waals surface area contributed by atoms with Crippen LogP contribution in [0.25, 0.3) is 0 Å². The molecule has 2 atom stereocenters. The summed E-state index contributed by atoms with van der Waals surface area (Å²) in [7, 11) is 0. The van der Waals surface area contributed by atoms with E-state index in [0.29, 0.717) is 11.4 Å².